The van der Waals surface area contributed by atoms with Gasteiger partial charge in [0.05, 0.1) is 5.56 Å². The van der Waals surface area contributed by atoms with Crippen molar-refractivity contribution < 1.29 is 18.3 Å². The Morgan fingerprint density at radius 1 is 1.00 bits per heavy atom. The first kappa shape index (κ1) is 19.3. The molecule has 0 atom stereocenters. The number of hydrogen-bond donors (Lipinski definition) is 1. The Kier molecular flexibility index (Phi) is 6.76. The topological polar surface area (TPSA) is 41.6 Å². The van der Waals surface area contributed by atoms with E-state index in [1.165, 1.54) is 37.0 Å². The second-order valence-electron chi connectivity index (χ2n) is 6.71. The molecule has 0 spiro atoms. The number of carbonyl (C=O) groups excluding carboxylic acids is 1. The summed E-state index contributed by atoms with van der Waals surface area (Å²) in [6.07, 6.45) is 3.85. The van der Waals surface area contributed by atoms with E-state index in [9.17, 15) is 13.6 Å². The zero-order chi connectivity index (χ0) is 19.1. The monoisotopic (exact) mass is 374 g/mol. The number of benzene rings is 2. The highest BCUT2D eigenvalue weighted by Crippen LogP contribution is 2.20. The van der Waals surface area contributed by atoms with Gasteiger partial charge < -0.3 is 10.1 Å². The summed E-state index contributed by atoms with van der Waals surface area (Å²) in [6, 6.07) is 14.1. The van der Waals surface area contributed by atoms with E-state index in [1.54, 1.807) is 12.1 Å². The largest absolute Gasteiger partial charge is 0.434 e. The maximum atomic E-state index is 12.5. The maximum Gasteiger partial charge on any atom is 0.387 e. The molecule has 1 saturated heterocycles. The van der Waals surface area contributed by atoms with Crippen LogP contribution < -0.4 is 10.1 Å². The fourth-order valence-corrected chi connectivity index (χ4v) is 3.27. The molecule has 0 unspecified atom stereocenters. The Morgan fingerprint density at radius 3 is 2.37 bits per heavy atom. The van der Waals surface area contributed by atoms with E-state index in [2.05, 4.69) is 27.1 Å². The summed E-state index contributed by atoms with van der Waals surface area (Å²) >= 11 is 0. The van der Waals surface area contributed by atoms with Crippen LogP contribution in [0.4, 0.5) is 8.78 Å². The van der Waals surface area contributed by atoms with Crippen molar-refractivity contribution in [3.63, 3.8) is 0 Å². The van der Waals surface area contributed by atoms with Crippen LogP contribution in [-0.2, 0) is 13.1 Å². The van der Waals surface area contributed by atoms with Gasteiger partial charge in [-0.05, 0) is 49.2 Å². The number of hydrogen-bond acceptors (Lipinski definition) is 3. The van der Waals surface area contributed by atoms with Crippen molar-refractivity contribution in [1.82, 2.24) is 10.2 Å². The Bertz CT molecular complexity index is 744. The first-order valence-corrected chi connectivity index (χ1v) is 9.24. The van der Waals surface area contributed by atoms with Crippen LogP contribution in [0.5, 0.6) is 5.75 Å². The second-order valence-corrected chi connectivity index (χ2v) is 6.71. The molecule has 0 saturated carbocycles. The Hall–Kier alpha value is -2.47. The average molecular weight is 374 g/mol. The number of rotatable bonds is 7. The minimum atomic E-state index is -2.97. The molecule has 1 N–H and O–H groups in total. The summed E-state index contributed by atoms with van der Waals surface area (Å²) in [5.74, 6) is -0.564. The van der Waals surface area contributed by atoms with Crippen LogP contribution in [0.15, 0.2) is 48.5 Å². The van der Waals surface area contributed by atoms with Crippen molar-refractivity contribution in [3.05, 3.63) is 65.2 Å². The second kappa shape index (κ2) is 9.46. The number of nitrogens with zero attached hydrogens (tertiary/aromatic N) is 1. The highest BCUT2D eigenvalue weighted by molar-refractivity contribution is 5.96. The van der Waals surface area contributed by atoms with Gasteiger partial charge in [-0.3, -0.25) is 9.69 Å². The molecule has 0 aliphatic carbocycles. The molecule has 2 aromatic rings. The van der Waals surface area contributed by atoms with Crippen molar-refractivity contribution in [2.24, 2.45) is 0 Å². The molecule has 1 heterocycles. The van der Waals surface area contributed by atoms with E-state index in [0.29, 0.717) is 6.54 Å². The third kappa shape index (κ3) is 5.76. The fraction of sp³-hybridized carbons (Fsp3) is 0.381. The molecule has 0 bridgehead atoms. The zero-order valence-corrected chi connectivity index (χ0v) is 15.2. The number of halogens is 2. The van der Waals surface area contributed by atoms with Gasteiger partial charge in [0, 0.05) is 13.1 Å². The number of likely N-dealkylation sites (tertiary alicyclic amines) is 1. The average Bonchev–Trinajstić information content (AvgIpc) is 2.68. The van der Waals surface area contributed by atoms with E-state index in [1.807, 2.05) is 12.1 Å². The summed E-state index contributed by atoms with van der Waals surface area (Å²) in [4.78, 5) is 14.8. The van der Waals surface area contributed by atoms with Crippen molar-refractivity contribution >= 4 is 5.91 Å². The SMILES string of the molecule is O=C(NCc1ccc(CN2CCCCC2)cc1)c1ccccc1OC(F)F. The molecule has 1 aliphatic heterocycles. The first-order chi connectivity index (χ1) is 13.1. The van der Waals surface area contributed by atoms with Crippen LogP contribution in [-0.4, -0.2) is 30.5 Å². The molecule has 0 radical (unpaired) electrons. The number of ether oxygens (including phenoxy) is 1. The molecule has 1 amide bonds. The summed E-state index contributed by atoms with van der Waals surface area (Å²) in [7, 11) is 0. The Labute approximate surface area is 158 Å². The maximum absolute atomic E-state index is 12.5. The minimum Gasteiger partial charge on any atom is -0.434 e. The number of amides is 1. The van der Waals surface area contributed by atoms with E-state index < -0.39 is 12.5 Å². The van der Waals surface area contributed by atoms with Crippen molar-refractivity contribution in [2.45, 2.75) is 39.0 Å². The molecule has 1 fully saturated rings. The summed E-state index contributed by atoms with van der Waals surface area (Å²) in [5.41, 5.74) is 2.31. The Balaban J connectivity index is 1.54. The number of nitrogens with one attached hydrogen (secondary N) is 1. The van der Waals surface area contributed by atoms with Crippen molar-refractivity contribution in [2.75, 3.05) is 13.1 Å². The van der Waals surface area contributed by atoms with Crippen molar-refractivity contribution in [3.8, 4) is 5.75 Å². The summed E-state index contributed by atoms with van der Waals surface area (Å²) in [5, 5.41) is 2.76. The van der Waals surface area contributed by atoms with E-state index in [0.717, 1.165) is 25.2 Å². The smallest absolute Gasteiger partial charge is 0.387 e. The van der Waals surface area contributed by atoms with Gasteiger partial charge in [0.2, 0.25) is 0 Å². The standard InChI is InChI=1S/C21H24F2N2O2/c22-21(23)27-19-7-3-2-6-18(19)20(26)24-14-16-8-10-17(11-9-16)15-25-12-4-1-5-13-25/h2-3,6-11,21H,1,4-5,12-15H2,(H,24,26). The predicted octanol–water partition coefficient (Wildman–Crippen LogP) is 4.20. The molecule has 4 nitrogen and oxygen atoms in total. The van der Waals surface area contributed by atoms with Gasteiger partial charge in [0.25, 0.3) is 5.91 Å². The summed E-state index contributed by atoms with van der Waals surface area (Å²) < 4.78 is 29.3. The van der Waals surface area contributed by atoms with E-state index in [4.69, 9.17) is 0 Å². The molecule has 0 aromatic heterocycles. The first-order valence-electron chi connectivity index (χ1n) is 9.24. The highest BCUT2D eigenvalue weighted by atomic mass is 19.3. The molecule has 3 rings (SSSR count). The van der Waals surface area contributed by atoms with Gasteiger partial charge in [0.1, 0.15) is 5.75 Å². The van der Waals surface area contributed by atoms with Gasteiger partial charge in [-0.1, -0.05) is 42.8 Å². The predicted molar refractivity (Wildman–Crippen MR) is 99.8 cm³/mol. The lowest BCUT2D eigenvalue weighted by atomic mass is 10.1. The highest BCUT2D eigenvalue weighted by Gasteiger charge is 2.15. The fourth-order valence-electron chi connectivity index (χ4n) is 3.27. The molecule has 27 heavy (non-hydrogen) atoms. The van der Waals surface area contributed by atoms with Crippen LogP contribution in [0.25, 0.3) is 0 Å². The lowest BCUT2D eigenvalue weighted by Gasteiger charge is -2.26. The lowest BCUT2D eigenvalue weighted by molar-refractivity contribution is -0.0501. The number of carbonyl (C=O) groups is 1. The van der Waals surface area contributed by atoms with Crippen LogP contribution in [0.1, 0.15) is 40.7 Å². The molecular formula is C21H24F2N2O2. The normalized spacial score (nSPS) is 14.9. The number of alkyl halides is 2. The lowest BCUT2D eigenvalue weighted by Crippen LogP contribution is -2.29. The third-order valence-corrected chi connectivity index (χ3v) is 4.68. The Morgan fingerprint density at radius 2 is 1.67 bits per heavy atom. The van der Waals surface area contributed by atoms with Gasteiger partial charge >= 0.3 is 6.61 Å². The molecule has 6 heteroatoms. The van der Waals surface area contributed by atoms with Gasteiger partial charge in [0.15, 0.2) is 0 Å². The van der Waals surface area contributed by atoms with Crippen LogP contribution >= 0.6 is 0 Å². The van der Waals surface area contributed by atoms with E-state index in [-0.39, 0.29) is 11.3 Å². The molecular weight excluding hydrogens is 350 g/mol. The van der Waals surface area contributed by atoms with Crippen LogP contribution in [0, 0.1) is 0 Å². The van der Waals surface area contributed by atoms with Gasteiger partial charge in [-0.15, -0.1) is 0 Å². The van der Waals surface area contributed by atoms with Gasteiger partial charge in [-0.2, -0.15) is 8.78 Å². The van der Waals surface area contributed by atoms with Gasteiger partial charge in [-0.25, -0.2) is 0 Å². The summed E-state index contributed by atoms with van der Waals surface area (Å²) in [6.45, 7) is 0.610. The van der Waals surface area contributed by atoms with Crippen LogP contribution in [0.2, 0.25) is 0 Å². The van der Waals surface area contributed by atoms with Crippen LogP contribution in [0.3, 0.4) is 0 Å². The number of para-hydroxylation sites is 1. The molecule has 1 aliphatic rings. The van der Waals surface area contributed by atoms with E-state index >= 15 is 0 Å². The third-order valence-electron chi connectivity index (χ3n) is 4.68. The minimum absolute atomic E-state index is 0.0968. The van der Waals surface area contributed by atoms with Crippen molar-refractivity contribution in [1.29, 1.82) is 0 Å². The molecule has 2 aromatic carbocycles. The number of piperidine rings is 1. The zero-order valence-electron chi connectivity index (χ0n) is 15.2. The molecule has 144 valence electrons. The quantitative estimate of drug-likeness (QED) is 0.790.